The Morgan fingerprint density at radius 2 is 0.539 bits per heavy atom. The van der Waals surface area contributed by atoms with Gasteiger partial charge in [-0.3, -0.25) is 37.3 Å². The Hall–Kier alpha value is -1.94. The number of hydrogen-bond acceptors (Lipinski definition) is 15. The van der Waals surface area contributed by atoms with E-state index in [0.29, 0.717) is 31.6 Å². The smallest absolute Gasteiger partial charge is 0.462 e. The van der Waals surface area contributed by atoms with Gasteiger partial charge in [-0.15, -0.1) is 0 Å². The van der Waals surface area contributed by atoms with Gasteiger partial charge in [0.05, 0.1) is 26.4 Å². The lowest BCUT2D eigenvalue weighted by Crippen LogP contribution is -2.30. The van der Waals surface area contributed by atoms with Gasteiger partial charge in [0.25, 0.3) is 0 Å². The minimum atomic E-state index is -4.95. The maximum absolute atomic E-state index is 13.0. The van der Waals surface area contributed by atoms with Crippen LogP contribution in [0.4, 0.5) is 0 Å². The largest absolute Gasteiger partial charge is 0.472 e. The van der Waals surface area contributed by atoms with E-state index in [-0.39, 0.29) is 25.7 Å². The molecule has 0 spiro atoms. The highest BCUT2D eigenvalue weighted by atomic mass is 31.2. The van der Waals surface area contributed by atoms with Crippen molar-refractivity contribution in [2.75, 3.05) is 39.6 Å². The minimum absolute atomic E-state index is 0.102. The SMILES string of the molecule is CCC(C)CCCCCCCCC(=O)O[C@H](COC(=O)CCCCCCCCCC(C)C)COP(=O)(O)OCC(O)COP(=O)(O)OC[C@@H](COC(=O)CCCCCCCCCCC(C)C)OC(=O)CCCCCCCCCCCCCCCCCC(C)C. The Labute approximate surface area is 543 Å². The summed E-state index contributed by atoms with van der Waals surface area (Å²) in [4.78, 5) is 72.5. The normalized spacial score (nSPS) is 14.6. The quantitative estimate of drug-likeness (QED) is 0.0222. The molecule has 0 aliphatic carbocycles. The molecule has 0 amide bonds. The molecule has 0 radical (unpaired) electrons. The number of phosphoric ester groups is 2. The number of rotatable bonds is 67. The summed E-state index contributed by atoms with van der Waals surface area (Å²) in [6, 6.07) is 0. The van der Waals surface area contributed by atoms with Crippen molar-refractivity contribution < 1.29 is 80.2 Å². The van der Waals surface area contributed by atoms with Crippen molar-refractivity contribution in [3.63, 3.8) is 0 Å². The van der Waals surface area contributed by atoms with E-state index in [2.05, 4.69) is 55.4 Å². The van der Waals surface area contributed by atoms with E-state index < -0.39 is 97.5 Å². The zero-order valence-corrected chi connectivity index (χ0v) is 59.8. The first-order valence-electron chi connectivity index (χ1n) is 36.2. The third-order valence-corrected chi connectivity index (χ3v) is 18.3. The zero-order valence-electron chi connectivity index (χ0n) is 58.1. The van der Waals surface area contributed by atoms with Gasteiger partial charge >= 0.3 is 39.5 Å². The number of aliphatic hydroxyl groups is 1. The summed E-state index contributed by atoms with van der Waals surface area (Å²) in [6.07, 6.45) is 41.9. The van der Waals surface area contributed by atoms with Gasteiger partial charge in [0, 0.05) is 25.7 Å². The predicted molar refractivity (Wildman–Crippen MR) is 358 cm³/mol. The van der Waals surface area contributed by atoms with E-state index in [9.17, 15) is 43.2 Å². The maximum atomic E-state index is 13.0. The lowest BCUT2D eigenvalue weighted by molar-refractivity contribution is -0.161. The second-order valence-corrected chi connectivity index (χ2v) is 29.8. The van der Waals surface area contributed by atoms with E-state index in [1.807, 2.05) is 0 Å². The van der Waals surface area contributed by atoms with Gasteiger partial charge in [-0.05, 0) is 49.4 Å². The van der Waals surface area contributed by atoms with Gasteiger partial charge in [0.1, 0.15) is 19.3 Å². The average molecular weight is 1310 g/mol. The monoisotopic (exact) mass is 1310 g/mol. The molecule has 4 unspecified atom stereocenters. The summed E-state index contributed by atoms with van der Waals surface area (Å²) in [7, 11) is -9.90. The predicted octanol–water partition coefficient (Wildman–Crippen LogP) is 19.7. The van der Waals surface area contributed by atoms with Crippen LogP contribution in [-0.4, -0.2) is 96.7 Å². The Kier molecular flexibility index (Phi) is 58.5. The second kappa shape index (κ2) is 59.8. The number of carbonyl (C=O) groups is 4. The first kappa shape index (κ1) is 87.1. The summed E-state index contributed by atoms with van der Waals surface area (Å²) in [5.41, 5.74) is 0. The summed E-state index contributed by atoms with van der Waals surface area (Å²) >= 11 is 0. The maximum Gasteiger partial charge on any atom is 0.472 e. The van der Waals surface area contributed by atoms with Crippen LogP contribution in [0, 0.1) is 23.7 Å². The first-order valence-corrected chi connectivity index (χ1v) is 39.2. The van der Waals surface area contributed by atoms with Crippen LogP contribution < -0.4 is 0 Å². The number of phosphoric acid groups is 2. The Morgan fingerprint density at radius 1 is 0.315 bits per heavy atom. The van der Waals surface area contributed by atoms with Crippen LogP contribution in [-0.2, 0) is 65.4 Å². The molecule has 0 rings (SSSR count). The molecular weight excluding hydrogens is 1170 g/mol. The van der Waals surface area contributed by atoms with Crippen LogP contribution in [0.5, 0.6) is 0 Å². The minimum Gasteiger partial charge on any atom is -0.462 e. The van der Waals surface area contributed by atoms with Gasteiger partial charge in [-0.25, -0.2) is 9.13 Å². The average Bonchev–Trinajstić information content (AvgIpc) is 3.55. The molecule has 0 aromatic rings. The van der Waals surface area contributed by atoms with Crippen LogP contribution >= 0.6 is 15.6 Å². The molecule has 0 bridgehead atoms. The van der Waals surface area contributed by atoms with E-state index >= 15 is 0 Å². The van der Waals surface area contributed by atoms with Crippen LogP contribution in [0.3, 0.4) is 0 Å². The van der Waals surface area contributed by atoms with Crippen molar-refractivity contribution in [1.82, 2.24) is 0 Å². The van der Waals surface area contributed by atoms with E-state index in [0.717, 1.165) is 114 Å². The number of esters is 4. The molecule has 0 aromatic carbocycles. The van der Waals surface area contributed by atoms with Crippen LogP contribution in [0.2, 0.25) is 0 Å². The summed E-state index contributed by atoms with van der Waals surface area (Å²) in [5.74, 6) is 0.821. The van der Waals surface area contributed by atoms with Crippen LogP contribution in [0.1, 0.15) is 344 Å². The molecule has 17 nitrogen and oxygen atoms in total. The summed E-state index contributed by atoms with van der Waals surface area (Å²) in [5, 5.41) is 10.6. The van der Waals surface area contributed by atoms with Crippen LogP contribution in [0.25, 0.3) is 0 Å². The van der Waals surface area contributed by atoms with Crippen molar-refractivity contribution in [3.8, 4) is 0 Å². The molecule has 0 aliphatic rings. The van der Waals surface area contributed by atoms with E-state index in [1.54, 1.807) is 0 Å². The van der Waals surface area contributed by atoms with Crippen molar-refractivity contribution in [2.24, 2.45) is 23.7 Å². The number of unbranched alkanes of at least 4 members (excludes halogenated alkanes) is 32. The number of carbonyl (C=O) groups excluding carboxylic acids is 4. The lowest BCUT2D eigenvalue weighted by atomic mass is 10.00. The number of aliphatic hydroxyl groups excluding tert-OH is 1. The van der Waals surface area contributed by atoms with E-state index in [4.69, 9.17) is 37.0 Å². The fourth-order valence-electron chi connectivity index (χ4n) is 10.5. The van der Waals surface area contributed by atoms with Crippen molar-refractivity contribution in [1.29, 1.82) is 0 Å². The summed E-state index contributed by atoms with van der Waals surface area (Å²) < 4.78 is 68.2. The fourth-order valence-corrected chi connectivity index (χ4v) is 12.0. The molecule has 0 saturated heterocycles. The molecule has 19 heteroatoms. The highest BCUT2D eigenvalue weighted by molar-refractivity contribution is 7.47. The molecular formula is C70H136O17P2. The third-order valence-electron chi connectivity index (χ3n) is 16.4. The molecule has 528 valence electrons. The molecule has 89 heavy (non-hydrogen) atoms. The van der Waals surface area contributed by atoms with Crippen molar-refractivity contribution in [2.45, 2.75) is 363 Å². The third kappa shape index (κ3) is 63.2. The first-order chi connectivity index (χ1) is 42.6. The molecule has 0 saturated carbocycles. The lowest BCUT2D eigenvalue weighted by Gasteiger charge is -2.21. The van der Waals surface area contributed by atoms with Crippen LogP contribution in [0.15, 0.2) is 0 Å². The standard InChI is InChI=1S/C70H136O17P2/c1-9-63(8)49-41-33-28-29-37-45-53-70(75)87-66(57-81-68(73)51-43-35-27-21-24-32-40-48-62(6)7)59-85-89(78,79)83-55-64(71)54-82-88(76,77)84-58-65(56-80-67(72)50-42-34-25-20-19-23-31-39-47-61(4)5)86-69(74)52-44-36-26-18-16-14-12-10-11-13-15-17-22-30-38-46-60(2)3/h60-66,71H,9-59H2,1-8H3,(H,76,77)(H,78,79)/t63?,64?,65-,66-/m1/s1. The summed E-state index contributed by atoms with van der Waals surface area (Å²) in [6.45, 7) is 14.0. The fraction of sp³-hybridized carbons (Fsp3) is 0.943. The van der Waals surface area contributed by atoms with Gasteiger partial charge in [-0.1, -0.05) is 293 Å². The van der Waals surface area contributed by atoms with E-state index in [1.165, 1.54) is 141 Å². The Morgan fingerprint density at radius 3 is 0.798 bits per heavy atom. The van der Waals surface area contributed by atoms with Gasteiger partial charge < -0.3 is 33.8 Å². The number of hydrogen-bond donors (Lipinski definition) is 3. The van der Waals surface area contributed by atoms with Crippen molar-refractivity contribution >= 4 is 39.5 Å². The van der Waals surface area contributed by atoms with Gasteiger partial charge in [0.15, 0.2) is 12.2 Å². The Balaban J connectivity index is 5.22. The van der Waals surface area contributed by atoms with Gasteiger partial charge in [0.2, 0.25) is 0 Å². The second-order valence-electron chi connectivity index (χ2n) is 26.9. The zero-order chi connectivity index (χ0) is 66.1. The molecule has 0 fully saturated rings. The highest BCUT2D eigenvalue weighted by Crippen LogP contribution is 2.45. The molecule has 0 aromatic heterocycles. The molecule has 0 heterocycles. The number of ether oxygens (including phenoxy) is 4. The Bertz CT molecular complexity index is 1770. The molecule has 6 atom stereocenters. The van der Waals surface area contributed by atoms with Crippen molar-refractivity contribution in [3.05, 3.63) is 0 Å². The highest BCUT2D eigenvalue weighted by Gasteiger charge is 2.30. The molecule has 3 N–H and O–H groups in total. The topological polar surface area (TPSA) is 237 Å². The van der Waals surface area contributed by atoms with Gasteiger partial charge in [-0.2, -0.15) is 0 Å². The molecule has 0 aliphatic heterocycles.